The Morgan fingerprint density at radius 2 is 2.25 bits per heavy atom. The average Bonchev–Trinajstić information content (AvgIpc) is 2.55. The molecule has 1 heterocycles. The predicted octanol–water partition coefficient (Wildman–Crippen LogP) is 1.48. The van der Waals surface area contributed by atoms with Crippen LogP contribution >= 0.6 is 0 Å². The summed E-state index contributed by atoms with van der Waals surface area (Å²) in [6.45, 7) is 6.36. The van der Waals surface area contributed by atoms with Gasteiger partial charge in [0.2, 0.25) is 5.95 Å². The van der Waals surface area contributed by atoms with E-state index in [4.69, 9.17) is 4.74 Å². The van der Waals surface area contributed by atoms with Gasteiger partial charge in [-0.05, 0) is 26.8 Å². The second-order valence-electron chi connectivity index (χ2n) is 3.69. The molecule has 0 bridgehead atoms. The Balaban J connectivity index is 2.44. The fraction of sp³-hybridized carbons (Fsp3) is 0.727. The number of nitrogens with zero attached hydrogens (tertiary/aromatic N) is 2. The minimum atomic E-state index is -0.223. The molecular formula is C11H20FN3O. The van der Waals surface area contributed by atoms with Crippen molar-refractivity contribution >= 4 is 0 Å². The first-order valence-corrected chi connectivity index (χ1v) is 5.62. The first-order valence-electron chi connectivity index (χ1n) is 5.62. The number of ether oxygens (including phenoxy) is 1. The van der Waals surface area contributed by atoms with E-state index in [9.17, 15) is 4.39 Å². The summed E-state index contributed by atoms with van der Waals surface area (Å²) in [5, 5.41) is 7.30. The largest absolute Gasteiger partial charge is 0.385 e. The molecule has 0 saturated carbocycles. The fourth-order valence-electron chi connectivity index (χ4n) is 1.56. The van der Waals surface area contributed by atoms with Gasteiger partial charge in [-0.2, -0.15) is 9.49 Å². The molecule has 1 N–H and O–H groups in total. The Kier molecular flexibility index (Phi) is 5.42. The van der Waals surface area contributed by atoms with E-state index in [0.29, 0.717) is 18.7 Å². The van der Waals surface area contributed by atoms with Crippen LogP contribution in [0.3, 0.4) is 0 Å². The normalized spacial score (nSPS) is 11.0. The first kappa shape index (κ1) is 13.1. The molecule has 0 atom stereocenters. The lowest BCUT2D eigenvalue weighted by Crippen LogP contribution is -2.17. The van der Waals surface area contributed by atoms with Gasteiger partial charge in [0, 0.05) is 32.4 Å². The van der Waals surface area contributed by atoms with Crippen LogP contribution in [0.2, 0.25) is 0 Å². The van der Waals surface area contributed by atoms with Crippen LogP contribution in [0.5, 0.6) is 0 Å². The summed E-state index contributed by atoms with van der Waals surface area (Å²) in [5.41, 5.74) is 1.43. The van der Waals surface area contributed by atoms with Gasteiger partial charge in [0.15, 0.2) is 0 Å². The van der Waals surface area contributed by atoms with E-state index >= 15 is 0 Å². The van der Waals surface area contributed by atoms with Crippen LogP contribution in [0.15, 0.2) is 0 Å². The number of rotatable bonds is 7. The van der Waals surface area contributed by atoms with E-state index in [1.54, 1.807) is 7.11 Å². The number of hydrogen-bond acceptors (Lipinski definition) is 3. The van der Waals surface area contributed by atoms with Crippen LogP contribution in [-0.2, 0) is 17.8 Å². The van der Waals surface area contributed by atoms with E-state index in [0.717, 1.165) is 25.3 Å². The lowest BCUT2D eigenvalue weighted by Gasteiger charge is -2.03. The second kappa shape index (κ2) is 6.60. The average molecular weight is 229 g/mol. The molecule has 0 saturated heterocycles. The lowest BCUT2D eigenvalue weighted by atomic mass is 10.2. The molecule has 92 valence electrons. The first-order chi connectivity index (χ1) is 7.70. The summed E-state index contributed by atoms with van der Waals surface area (Å²) in [7, 11) is 1.68. The van der Waals surface area contributed by atoms with Crippen LogP contribution in [0.4, 0.5) is 4.39 Å². The number of methoxy groups -OCH3 is 1. The zero-order valence-electron chi connectivity index (χ0n) is 10.2. The van der Waals surface area contributed by atoms with E-state index in [1.807, 2.05) is 13.8 Å². The highest BCUT2D eigenvalue weighted by Crippen LogP contribution is 2.11. The fourth-order valence-corrected chi connectivity index (χ4v) is 1.56. The zero-order valence-corrected chi connectivity index (χ0v) is 10.2. The maximum Gasteiger partial charge on any atom is 0.216 e. The molecule has 0 spiro atoms. The summed E-state index contributed by atoms with van der Waals surface area (Å²) in [5.74, 6) is -0.223. The Morgan fingerprint density at radius 1 is 1.50 bits per heavy atom. The molecule has 1 aromatic heterocycles. The Morgan fingerprint density at radius 3 is 2.81 bits per heavy atom. The van der Waals surface area contributed by atoms with Crippen molar-refractivity contribution in [1.29, 1.82) is 0 Å². The summed E-state index contributed by atoms with van der Waals surface area (Å²) < 4.78 is 20.0. The molecule has 0 aliphatic rings. The van der Waals surface area contributed by atoms with Crippen molar-refractivity contribution in [2.45, 2.75) is 33.4 Å². The molecule has 0 unspecified atom stereocenters. The lowest BCUT2D eigenvalue weighted by molar-refractivity contribution is 0.194. The van der Waals surface area contributed by atoms with Crippen LogP contribution in [0.25, 0.3) is 0 Å². The summed E-state index contributed by atoms with van der Waals surface area (Å²) in [6.07, 6.45) is 0.930. The van der Waals surface area contributed by atoms with Gasteiger partial charge in [0.1, 0.15) is 0 Å². The number of hydrogen-bond donors (Lipinski definition) is 1. The van der Waals surface area contributed by atoms with Crippen molar-refractivity contribution in [2.24, 2.45) is 0 Å². The number of aromatic nitrogens is 2. The van der Waals surface area contributed by atoms with Gasteiger partial charge in [0.25, 0.3) is 0 Å². The minimum absolute atomic E-state index is 0.223. The second-order valence-corrected chi connectivity index (χ2v) is 3.69. The van der Waals surface area contributed by atoms with Crippen molar-refractivity contribution in [3.05, 3.63) is 17.2 Å². The number of halogens is 1. The van der Waals surface area contributed by atoms with Crippen molar-refractivity contribution < 1.29 is 9.13 Å². The molecule has 5 heteroatoms. The number of nitrogens with one attached hydrogen (secondary N) is 1. The van der Waals surface area contributed by atoms with Crippen LogP contribution < -0.4 is 5.32 Å². The molecule has 0 aliphatic heterocycles. The van der Waals surface area contributed by atoms with Gasteiger partial charge in [-0.3, -0.25) is 0 Å². The topological polar surface area (TPSA) is 39.1 Å². The minimum Gasteiger partial charge on any atom is -0.385 e. The van der Waals surface area contributed by atoms with Crippen molar-refractivity contribution in [3.63, 3.8) is 0 Å². The van der Waals surface area contributed by atoms with E-state index in [-0.39, 0.29) is 5.95 Å². The van der Waals surface area contributed by atoms with Crippen LogP contribution in [-0.4, -0.2) is 30.0 Å². The maximum atomic E-state index is 13.7. The molecule has 16 heavy (non-hydrogen) atoms. The summed E-state index contributed by atoms with van der Waals surface area (Å²) in [6, 6.07) is 0. The number of aryl methyl sites for hydroxylation is 2. The standard InChI is InChI=1S/C11H20FN3O/c1-4-15-11(12)10(9(2)14-15)8-13-6-5-7-16-3/h13H,4-8H2,1-3H3. The Hall–Kier alpha value is -0.940. The summed E-state index contributed by atoms with van der Waals surface area (Å²) >= 11 is 0. The Bertz CT molecular complexity index is 325. The summed E-state index contributed by atoms with van der Waals surface area (Å²) in [4.78, 5) is 0. The third kappa shape index (κ3) is 3.28. The van der Waals surface area contributed by atoms with E-state index in [1.165, 1.54) is 4.68 Å². The molecule has 0 radical (unpaired) electrons. The zero-order chi connectivity index (χ0) is 12.0. The van der Waals surface area contributed by atoms with E-state index in [2.05, 4.69) is 10.4 Å². The molecule has 0 aromatic carbocycles. The van der Waals surface area contributed by atoms with Crippen molar-refractivity contribution in [2.75, 3.05) is 20.3 Å². The molecule has 1 aromatic rings. The highest BCUT2D eigenvalue weighted by atomic mass is 19.1. The molecule has 1 rings (SSSR count). The molecule has 4 nitrogen and oxygen atoms in total. The SMILES string of the molecule is CCn1nc(C)c(CNCCCOC)c1F. The van der Waals surface area contributed by atoms with Gasteiger partial charge in [-0.15, -0.1) is 0 Å². The van der Waals surface area contributed by atoms with Crippen LogP contribution in [0, 0.1) is 12.9 Å². The van der Waals surface area contributed by atoms with Gasteiger partial charge >= 0.3 is 0 Å². The van der Waals surface area contributed by atoms with Gasteiger partial charge < -0.3 is 10.1 Å². The molecule has 0 aliphatic carbocycles. The van der Waals surface area contributed by atoms with Crippen LogP contribution in [0.1, 0.15) is 24.6 Å². The smallest absolute Gasteiger partial charge is 0.216 e. The van der Waals surface area contributed by atoms with Gasteiger partial charge in [0.05, 0.1) is 5.69 Å². The molecule has 0 amide bonds. The monoisotopic (exact) mass is 229 g/mol. The third-order valence-corrected chi connectivity index (χ3v) is 2.49. The quantitative estimate of drug-likeness (QED) is 0.720. The van der Waals surface area contributed by atoms with E-state index < -0.39 is 0 Å². The van der Waals surface area contributed by atoms with Gasteiger partial charge in [-0.1, -0.05) is 0 Å². The molecular weight excluding hydrogens is 209 g/mol. The van der Waals surface area contributed by atoms with Crippen molar-refractivity contribution in [3.8, 4) is 0 Å². The van der Waals surface area contributed by atoms with Gasteiger partial charge in [-0.25, -0.2) is 4.68 Å². The third-order valence-electron chi connectivity index (χ3n) is 2.49. The predicted molar refractivity (Wildman–Crippen MR) is 60.8 cm³/mol. The highest BCUT2D eigenvalue weighted by Gasteiger charge is 2.12. The Labute approximate surface area is 95.8 Å². The van der Waals surface area contributed by atoms with Crippen molar-refractivity contribution in [1.82, 2.24) is 15.1 Å². The molecule has 0 fully saturated rings. The maximum absolute atomic E-state index is 13.7. The highest BCUT2D eigenvalue weighted by molar-refractivity contribution is 5.17.